The first-order chi connectivity index (χ1) is 11.0. The summed E-state index contributed by atoms with van der Waals surface area (Å²) in [5, 5.41) is 2.74. The number of ether oxygens (including phenoxy) is 2. The second-order valence-corrected chi connectivity index (χ2v) is 5.71. The lowest BCUT2D eigenvalue weighted by Gasteiger charge is -2.28. The van der Waals surface area contributed by atoms with Crippen molar-refractivity contribution in [2.75, 3.05) is 7.11 Å². The number of amides is 1. The zero-order valence-corrected chi connectivity index (χ0v) is 14.0. The first kappa shape index (κ1) is 17.1. The molecule has 1 aromatic carbocycles. The predicted octanol–water partition coefficient (Wildman–Crippen LogP) is 2.91. The molecule has 124 valence electrons. The summed E-state index contributed by atoms with van der Waals surface area (Å²) in [5.74, 6) is -0.198. The number of carbonyl (C=O) groups is 2. The number of nitrogens with one attached hydrogen (secondary N) is 1. The summed E-state index contributed by atoms with van der Waals surface area (Å²) in [6.45, 7) is 5.54. The van der Waals surface area contributed by atoms with E-state index in [1.165, 1.54) is 0 Å². The van der Waals surface area contributed by atoms with Gasteiger partial charge in [-0.2, -0.15) is 0 Å². The van der Waals surface area contributed by atoms with Crippen molar-refractivity contribution in [3.05, 3.63) is 41.1 Å². The van der Waals surface area contributed by atoms with Crippen molar-refractivity contribution >= 4 is 11.9 Å². The van der Waals surface area contributed by atoms with E-state index in [2.05, 4.69) is 5.32 Å². The van der Waals surface area contributed by atoms with E-state index in [1.54, 1.807) is 14.0 Å². The van der Waals surface area contributed by atoms with Gasteiger partial charge >= 0.3 is 5.97 Å². The Hall–Kier alpha value is -2.30. The first-order valence-corrected chi connectivity index (χ1v) is 7.82. The van der Waals surface area contributed by atoms with E-state index in [0.29, 0.717) is 17.0 Å². The number of allylic oxidation sites excluding steroid dienone is 1. The SMILES string of the molecule is CC[C@@H](C)OC(=O)C1=C(C)NC(=O)C[C@@H]1c1ccccc1OC. The number of rotatable bonds is 5. The van der Waals surface area contributed by atoms with E-state index < -0.39 is 0 Å². The Morgan fingerprint density at radius 2 is 2.09 bits per heavy atom. The molecule has 1 aromatic rings. The van der Waals surface area contributed by atoms with Crippen LogP contribution in [0.2, 0.25) is 0 Å². The summed E-state index contributed by atoms with van der Waals surface area (Å²) in [7, 11) is 1.58. The summed E-state index contributed by atoms with van der Waals surface area (Å²) in [4.78, 5) is 24.6. The van der Waals surface area contributed by atoms with Crippen LogP contribution in [0.4, 0.5) is 0 Å². The maximum atomic E-state index is 12.6. The average molecular weight is 317 g/mol. The normalized spacial score (nSPS) is 19.1. The van der Waals surface area contributed by atoms with E-state index in [1.807, 2.05) is 38.1 Å². The van der Waals surface area contributed by atoms with E-state index in [0.717, 1.165) is 12.0 Å². The highest BCUT2D eigenvalue weighted by atomic mass is 16.5. The molecule has 5 heteroatoms. The minimum atomic E-state index is -0.382. The fourth-order valence-electron chi connectivity index (χ4n) is 2.72. The Kier molecular flexibility index (Phi) is 5.42. The highest BCUT2D eigenvalue weighted by molar-refractivity contribution is 5.96. The molecule has 1 aliphatic rings. The van der Waals surface area contributed by atoms with Gasteiger partial charge < -0.3 is 14.8 Å². The van der Waals surface area contributed by atoms with Crippen LogP contribution < -0.4 is 10.1 Å². The van der Waals surface area contributed by atoms with Gasteiger partial charge in [-0.3, -0.25) is 4.79 Å². The molecule has 0 fully saturated rings. The molecular formula is C18H23NO4. The van der Waals surface area contributed by atoms with Crippen LogP contribution in [0.3, 0.4) is 0 Å². The average Bonchev–Trinajstić information content (AvgIpc) is 2.53. The second kappa shape index (κ2) is 7.31. The molecule has 2 atom stereocenters. The lowest BCUT2D eigenvalue weighted by molar-refractivity contribution is -0.144. The maximum absolute atomic E-state index is 12.6. The molecule has 1 amide bonds. The van der Waals surface area contributed by atoms with E-state index in [9.17, 15) is 9.59 Å². The number of hydrogen-bond donors (Lipinski definition) is 1. The number of para-hydroxylation sites is 1. The topological polar surface area (TPSA) is 64.6 Å². The van der Waals surface area contributed by atoms with E-state index in [-0.39, 0.29) is 30.3 Å². The highest BCUT2D eigenvalue weighted by Gasteiger charge is 2.34. The number of carbonyl (C=O) groups excluding carboxylic acids is 2. The Labute approximate surface area is 136 Å². The Bertz CT molecular complexity index is 636. The van der Waals surface area contributed by atoms with Crippen molar-refractivity contribution < 1.29 is 19.1 Å². The van der Waals surface area contributed by atoms with Crippen molar-refractivity contribution in [1.29, 1.82) is 0 Å². The smallest absolute Gasteiger partial charge is 0.336 e. The molecule has 0 aliphatic carbocycles. The van der Waals surface area contributed by atoms with Gasteiger partial charge in [0.2, 0.25) is 5.91 Å². The monoisotopic (exact) mass is 317 g/mol. The number of methoxy groups -OCH3 is 1. The Morgan fingerprint density at radius 1 is 1.39 bits per heavy atom. The molecule has 1 heterocycles. The molecular weight excluding hydrogens is 294 g/mol. The summed E-state index contributed by atoms with van der Waals surface area (Å²) in [6, 6.07) is 7.44. The Balaban J connectivity index is 2.44. The van der Waals surface area contributed by atoms with E-state index >= 15 is 0 Å². The predicted molar refractivity (Wildman–Crippen MR) is 87.0 cm³/mol. The molecule has 0 bridgehead atoms. The van der Waals surface area contributed by atoms with Gasteiger partial charge in [-0.05, 0) is 26.3 Å². The minimum Gasteiger partial charge on any atom is -0.496 e. The number of hydrogen-bond acceptors (Lipinski definition) is 4. The molecule has 2 rings (SSSR count). The zero-order valence-electron chi connectivity index (χ0n) is 14.0. The van der Waals surface area contributed by atoms with Crippen LogP contribution >= 0.6 is 0 Å². The molecule has 0 aromatic heterocycles. The molecule has 0 unspecified atom stereocenters. The molecule has 0 saturated heterocycles. The van der Waals surface area contributed by atoms with Gasteiger partial charge in [0.05, 0.1) is 18.8 Å². The summed E-state index contributed by atoms with van der Waals surface area (Å²) >= 11 is 0. The van der Waals surface area contributed by atoms with Crippen molar-refractivity contribution in [1.82, 2.24) is 5.32 Å². The molecule has 0 spiro atoms. The number of esters is 1. The molecule has 1 aliphatic heterocycles. The van der Waals surface area contributed by atoms with Gasteiger partial charge in [0.1, 0.15) is 5.75 Å². The molecule has 1 N–H and O–H groups in total. The summed E-state index contributed by atoms with van der Waals surface area (Å²) < 4.78 is 10.9. The first-order valence-electron chi connectivity index (χ1n) is 7.82. The third-order valence-corrected chi connectivity index (χ3v) is 4.09. The maximum Gasteiger partial charge on any atom is 0.336 e. The van der Waals surface area contributed by atoms with Crippen LogP contribution in [0.1, 0.15) is 45.1 Å². The minimum absolute atomic E-state index is 0.113. The fourth-order valence-corrected chi connectivity index (χ4v) is 2.72. The van der Waals surface area contributed by atoms with Gasteiger partial charge in [0.25, 0.3) is 0 Å². The molecule has 23 heavy (non-hydrogen) atoms. The van der Waals surface area contributed by atoms with Crippen molar-refractivity contribution in [2.24, 2.45) is 0 Å². The van der Waals surface area contributed by atoms with Crippen molar-refractivity contribution in [2.45, 2.75) is 45.6 Å². The quantitative estimate of drug-likeness (QED) is 0.848. The largest absolute Gasteiger partial charge is 0.496 e. The fraction of sp³-hybridized carbons (Fsp3) is 0.444. The van der Waals surface area contributed by atoms with Crippen LogP contribution in [0.5, 0.6) is 5.75 Å². The summed E-state index contributed by atoms with van der Waals surface area (Å²) in [6.07, 6.45) is 0.769. The van der Waals surface area contributed by atoms with Crippen LogP contribution in [-0.4, -0.2) is 25.1 Å². The van der Waals surface area contributed by atoms with Gasteiger partial charge in [0.15, 0.2) is 0 Å². The third kappa shape index (κ3) is 3.73. The van der Waals surface area contributed by atoms with Crippen LogP contribution in [0, 0.1) is 0 Å². The van der Waals surface area contributed by atoms with Crippen molar-refractivity contribution in [3.63, 3.8) is 0 Å². The van der Waals surface area contributed by atoms with Crippen molar-refractivity contribution in [3.8, 4) is 5.75 Å². The zero-order chi connectivity index (χ0) is 17.0. The summed E-state index contributed by atoms with van der Waals surface area (Å²) in [5.41, 5.74) is 1.86. The van der Waals surface area contributed by atoms with Crippen LogP contribution in [0.25, 0.3) is 0 Å². The van der Waals surface area contributed by atoms with Crippen LogP contribution in [0.15, 0.2) is 35.5 Å². The van der Waals surface area contributed by atoms with Gasteiger partial charge in [-0.1, -0.05) is 25.1 Å². The van der Waals surface area contributed by atoms with Gasteiger partial charge in [-0.25, -0.2) is 4.79 Å². The lowest BCUT2D eigenvalue weighted by atomic mass is 9.84. The van der Waals surface area contributed by atoms with Crippen LogP contribution in [-0.2, 0) is 14.3 Å². The second-order valence-electron chi connectivity index (χ2n) is 5.71. The number of benzene rings is 1. The van der Waals surface area contributed by atoms with Gasteiger partial charge in [0, 0.05) is 23.6 Å². The Morgan fingerprint density at radius 3 is 2.74 bits per heavy atom. The van der Waals surface area contributed by atoms with E-state index in [4.69, 9.17) is 9.47 Å². The molecule has 0 saturated carbocycles. The van der Waals surface area contributed by atoms with Gasteiger partial charge in [-0.15, -0.1) is 0 Å². The standard InChI is InChI=1S/C18H23NO4/c1-5-11(2)23-18(21)17-12(3)19-16(20)10-14(17)13-8-6-7-9-15(13)22-4/h6-9,11,14H,5,10H2,1-4H3,(H,19,20)/t11-,14-/m1/s1. The lowest BCUT2D eigenvalue weighted by Crippen LogP contribution is -2.35. The highest BCUT2D eigenvalue weighted by Crippen LogP contribution is 2.38. The third-order valence-electron chi connectivity index (χ3n) is 4.09. The molecule has 0 radical (unpaired) electrons. The molecule has 5 nitrogen and oxygen atoms in total.